The molecule has 0 bridgehead atoms. The van der Waals surface area contributed by atoms with E-state index in [1.165, 1.54) is 0 Å². The summed E-state index contributed by atoms with van der Waals surface area (Å²) in [6.07, 6.45) is 1.73. The molecular weight excluding hydrogens is 320 g/mol. The van der Waals surface area contributed by atoms with Crippen molar-refractivity contribution in [3.05, 3.63) is 66.9 Å². The number of thiophene rings is 1. The third-order valence-electron chi connectivity index (χ3n) is 3.61. The van der Waals surface area contributed by atoms with Crippen LogP contribution >= 0.6 is 11.3 Å². The quantitative estimate of drug-likeness (QED) is 0.515. The van der Waals surface area contributed by atoms with E-state index < -0.39 is 0 Å². The van der Waals surface area contributed by atoms with Crippen LogP contribution in [0.1, 0.15) is 0 Å². The van der Waals surface area contributed by atoms with Crippen LogP contribution in [0.2, 0.25) is 0 Å². The summed E-state index contributed by atoms with van der Waals surface area (Å²) in [5.41, 5.74) is 8.23. The van der Waals surface area contributed by atoms with E-state index >= 15 is 0 Å². The van der Waals surface area contributed by atoms with Crippen molar-refractivity contribution in [2.75, 3.05) is 5.73 Å². The van der Waals surface area contributed by atoms with Gasteiger partial charge in [-0.25, -0.2) is 0 Å². The number of pyridine rings is 1. The molecule has 0 aliphatic rings. The minimum Gasteiger partial charge on any atom is -0.508 e. The number of aromatic nitrogens is 1. The summed E-state index contributed by atoms with van der Waals surface area (Å²) in [6, 6.07) is 18.3. The van der Waals surface area contributed by atoms with Gasteiger partial charge in [-0.1, -0.05) is 12.1 Å². The molecule has 4 rings (SSSR count). The van der Waals surface area contributed by atoms with Crippen LogP contribution in [0.3, 0.4) is 0 Å². The van der Waals surface area contributed by atoms with E-state index in [2.05, 4.69) is 4.98 Å². The van der Waals surface area contributed by atoms with Crippen LogP contribution in [0.5, 0.6) is 17.2 Å². The van der Waals surface area contributed by atoms with Crippen molar-refractivity contribution in [1.82, 2.24) is 4.98 Å². The number of phenols is 1. The van der Waals surface area contributed by atoms with Gasteiger partial charge in [-0.05, 0) is 48.0 Å². The van der Waals surface area contributed by atoms with Gasteiger partial charge in [0.2, 0.25) is 0 Å². The van der Waals surface area contributed by atoms with Crippen LogP contribution < -0.4 is 10.5 Å². The van der Waals surface area contributed by atoms with Crippen LogP contribution in [0, 0.1) is 0 Å². The number of ether oxygens (including phenoxy) is 1. The molecule has 2 aromatic carbocycles. The number of phenolic OH excluding ortho intramolecular Hbond substituents is 1. The van der Waals surface area contributed by atoms with Crippen molar-refractivity contribution in [1.29, 1.82) is 0 Å². The molecule has 118 valence electrons. The average Bonchev–Trinajstić information content (AvgIpc) is 3.02. The Hall–Kier alpha value is -3.05. The van der Waals surface area contributed by atoms with Gasteiger partial charge < -0.3 is 15.6 Å². The zero-order valence-electron chi connectivity index (χ0n) is 12.6. The third-order valence-corrected chi connectivity index (χ3v) is 4.80. The highest BCUT2D eigenvalue weighted by Gasteiger charge is 2.11. The Kier molecular flexibility index (Phi) is 3.55. The van der Waals surface area contributed by atoms with E-state index in [0.29, 0.717) is 5.69 Å². The highest BCUT2D eigenvalue weighted by atomic mass is 32.1. The highest BCUT2D eigenvalue weighted by molar-refractivity contribution is 7.22. The molecule has 0 saturated heterocycles. The van der Waals surface area contributed by atoms with Crippen molar-refractivity contribution in [2.45, 2.75) is 0 Å². The first-order valence-electron chi connectivity index (χ1n) is 7.40. The number of nitrogen functional groups attached to an aromatic ring is 1. The van der Waals surface area contributed by atoms with Crippen LogP contribution in [-0.2, 0) is 0 Å². The summed E-state index contributed by atoms with van der Waals surface area (Å²) in [7, 11) is 0. The van der Waals surface area contributed by atoms with E-state index in [9.17, 15) is 5.11 Å². The maximum absolute atomic E-state index is 9.68. The van der Waals surface area contributed by atoms with E-state index in [-0.39, 0.29) is 5.75 Å². The van der Waals surface area contributed by atoms with E-state index in [0.717, 1.165) is 32.2 Å². The molecular formula is C19H14N2O2S. The molecule has 0 atom stereocenters. The Labute approximate surface area is 142 Å². The molecule has 24 heavy (non-hydrogen) atoms. The second kappa shape index (κ2) is 5.86. The number of aromatic hydroxyl groups is 1. The molecule has 0 aliphatic heterocycles. The first-order chi connectivity index (χ1) is 11.7. The number of hydrogen-bond donors (Lipinski definition) is 2. The monoisotopic (exact) mass is 334 g/mol. The molecule has 0 radical (unpaired) electrons. The lowest BCUT2D eigenvalue weighted by Crippen LogP contribution is -1.87. The van der Waals surface area contributed by atoms with Crippen molar-refractivity contribution >= 4 is 27.2 Å². The van der Waals surface area contributed by atoms with Crippen molar-refractivity contribution < 1.29 is 9.84 Å². The van der Waals surface area contributed by atoms with Crippen molar-refractivity contribution in [3.8, 4) is 27.7 Å². The van der Waals surface area contributed by atoms with Crippen LogP contribution in [-0.4, -0.2) is 10.1 Å². The molecule has 3 N–H and O–H groups in total. The van der Waals surface area contributed by atoms with Crippen molar-refractivity contribution in [3.63, 3.8) is 0 Å². The summed E-state index contributed by atoms with van der Waals surface area (Å²) in [5, 5.41) is 9.68. The standard InChI is InChI=1S/C19H14N2O2S/c20-13-4-6-15(7-5-13)23-17-8-9-21-16-11-18(24-19(16)17)12-2-1-3-14(22)10-12/h1-11,22H,20H2. The number of benzene rings is 2. The lowest BCUT2D eigenvalue weighted by Gasteiger charge is -2.06. The predicted molar refractivity (Wildman–Crippen MR) is 97.6 cm³/mol. The Morgan fingerprint density at radius 3 is 2.62 bits per heavy atom. The van der Waals surface area contributed by atoms with E-state index in [1.54, 1.807) is 41.8 Å². The smallest absolute Gasteiger partial charge is 0.148 e. The molecule has 4 nitrogen and oxygen atoms in total. The molecule has 0 unspecified atom stereocenters. The molecule has 2 heterocycles. The van der Waals surface area contributed by atoms with Gasteiger partial charge in [-0.2, -0.15) is 0 Å². The lowest BCUT2D eigenvalue weighted by atomic mass is 10.2. The molecule has 0 fully saturated rings. The Balaban J connectivity index is 1.76. The Morgan fingerprint density at radius 1 is 1.00 bits per heavy atom. The summed E-state index contributed by atoms with van der Waals surface area (Å²) in [6.45, 7) is 0. The maximum atomic E-state index is 9.68. The molecule has 0 aliphatic carbocycles. The largest absolute Gasteiger partial charge is 0.508 e. The lowest BCUT2D eigenvalue weighted by molar-refractivity contribution is 0.475. The molecule has 2 aromatic heterocycles. The minimum atomic E-state index is 0.247. The first-order valence-corrected chi connectivity index (χ1v) is 8.22. The number of anilines is 1. The molecule has 4 aromatic rings. The fourth-order valence-corrected chi connectivity index (χ4v) is 3.52. The van der Waals surface area contributed by atoms with Gasteiger partial charge in [0.15, 0.2) is 0 Å². The number of rotatable bonds is 3. The second-order valence-corrected chi connectivity index (χ2v) is 6.41. The summed E-state index contributed by atoms with van der Waals surface area (Å²) < 4.78 is 6.95. The van der Waals surface area contributed by atoms with E-state index in [1.807, 2.05) is 36.4 Å². The SMILES string of the molecule is Nc1ccc(Oc2ccnc3cc(-c4cccc(O)c4)sc23)cc1. The van der Waals surface area contributed by atoms with Crippen molar-refractivity contribution in [2.24, 2.45) is 0 Å². The number of hydrogen-bond acceptors (Lipinski definition) is 5. The van der Waals surface area contributed by atoms with Gasteiger partial charge in [0, 0.05) is 22.8 Å². The van der Waals surface area contributed by atoms with E-state index in [4.69, 9.17) is 10.5 Å². The summed E-state index contributed by atoms with van der Waals surface area (Å²) in [4.78, 5) is 5.44. The maximum Gasteiger partial charge on any atom is 0.148 e. The number of nitrogens with zero attached hydrogens (tertiary/aromatic N) is 1. The number of nitrogens with two attached hydrogens (primary N) is 1. The van der Waals surface area contributed by atoms with Gasteiger partial charge in [0.25, 0.3) is 0 Å². The fourth-order valence-electron chi connectivity index (χ4n) is 2.46. The normalized spacial score (nSPS) is 10.8. The first kappa shape index (κ1) is 14.5. The van der Waals surface area contributed by atoms with Gasteiger partial charge in [-0.3, -0.25) is 4.98 Å². The van der Waals surface area contributed by atoms with Gasteiger partial charge >= 0.3 is 0 Å². The molecule has 0 amide bonds. The average molecular weight is 334 g/mol. The van der Waals surface area contributed by atoms with Crippen LogP contribution in [0.4, 0.5) is 5.69 Å². The summed E-state index contributed by atoms with van der Waals surface area (Å²) >= 11 is 1.58. The Bertz CT molecular complexity index is 1010. The third kappa shape index (κ3) is 2.77. The summed E-state index contributed by atoms with van der Waals surface area (Å²) in [5.74, 6) is 1.72. The predicted octanol–water partition coefficient (Wildman–Crippen LogP) is 5.04. The number of fused-ring (bicyclic) bond motifs is 1. The minimum absolute atomic E-state index is 0.247. The molecule has 0 saturated carbocycles. The van der Waals surface area contributed by atoms with Gasteiger partial charge in [-0.15, -0.1) is 11.3 Å². The zero-order chi connectivity index (χ0) is 16.5. The Morgan fingerprint density at radius 2 is 1.83 bits per heavy atom. The van der Waals surface area contributed by atoms with Crippen LogP contribution in [0.25, 0.3) is 20.7 Å². The van der Waals surface area contributed by atoms with Gasteiger partial charge in [0.1, 0.15) is 17.2 Å². The molecule has 5 heteroatoms. The fraction of sp³-hybridized carbons (Fsp3) is 0. The zero-order valence-corrected chi connectivity index (χ0v) is 13.5. The topological polar surface area (TPSA) is 68.4 Å². The van der Waals surface area contributed by atoms with Gasteiger partial charge in [0.05, 0.1) is 10.2 Å². The highest BCUT2D eigenvalue weighted by Crippen LogP contribution is 2.39. The second-order valence-electron chi connectivity index (χ2n) is 5.36. The van der Waals surface area contributed by atoms with Crippen LogP contribution in [0.15, 0.2) is 66.9 Å². The molecule has 0 spiro atoms.